The largest absolute Gasteiger partial charge is 0.489 e. The maximum absolute atomic E-state index is 9.65. The second-order valence-corrected chi connectivity index (χ2v) is 6.24. The van der Waals surface area contributed by atoms with Gasteiger partial charge in [-0.25, -0.2) is 0 Å². The Morgan fingerprint density at radius 2 is 0.769 bits per heavy atom. The van der Waals surface area contributed by atoms with Crippen LogP contribution in [0.15, 0.2) is 72.8 Å². The van der Waals surface area contributed by atoms with Crippen molar-refractivity contribution in [2.75, 3.05) is 0 Å². The van der Waals surface area contributed by atoms with Crippen molar-refractivity contribution in [1.29, 1.82) is 0 Å². The van der Waals surface area contributed by atoms with E-state index >= 15 is 0 Å². The van der Waals surface area contributed by atoms with E-state index in [9.17, 15) is 20.1 Å². The summed E-state index contributed by atoms with van der Waals surface area (Å²) in [6.45, 7) is 0. The number of fused-ring (bicyclic) bond motifs is 2. The lowest BCUT2D eigenvalue weighted by molar-refractivity contribution is 0.425. The molecule has 4 nitrogen and oxygen atoms in total. The maximum Gasteiger partial charge on any atom is 0.489 e. The Morgan fingerprint density at radius 3 is 1.12 bits per heavy atom. The fourth-order valence-electron chi connectivity index (χ4n) is 3.56. The van der Waals surface area contributed by atoms with Gasteiger partial charge < -0.3 is 20.1 Å². The van der Waals surface area contributed by atoms with E-state index in [1.165, 1.54) is 0 Å². The molecule has 26 heavy (non-hydrogen) atoms. The Balaban J connectivity index is 2.06. The van der Waals surface area contributed by atoms with Crippen LogP contribution in [0.2, 0.25) is 0 Å². The van der Waals surface area contributed by atoms with Gasteiger partial charge in [0.25, 0.3) is 0 Å². The average molecular weight is 342 g/mol. The highest BCUT2D eigenvalue weighted by molar-refractivity contribution is 6.62. The summed E-state index contributed by atoms with van der Waals surface area (Å²) >= 11 is 0. The predicted octanol–water partition coefficient (Wildman–Crippen LogP) is 1.02. The summed E-state index contributed by atoms with van der Waals surface area (Å²) in [5.41, 5.74) is 2.80. The third kappa shape index (κ3) is 2.69. The van der Waals surface area contributed by atoms with Crippen molar-refractivity contribution in [3.8, 4) is 11.1 Å². The molecule has 0 aliphatic carbocycles. The highest BCUT2D eigenvalue weighted by Gasteiger charge is 2.19. The van der Waals surface area contributed by atoms with Crippen molar-refractivity contribution in [1.82, 2.24) is 0 Å². The lowest BCUT2D eigenvalue weighted by atomic mass is 9.74. The molecule has 4 aromatic rings. The molecule has 6 heteroatoms. The van der Waals surface area contributed by atoms with Gasteiger partial charge in [0.1, 0.15) is 0 Å². The minimum Gasteiger partial charge on any atom is -0.423 e. The highest BCUT2D eigenvalue weighted by Crippen LogP contribution is 2.32. The zero-order chi connectivity index (χ0) is 18.3. The van der Waals surface area contributed by atoms with Crippen molar-refractivity contribution >= 4 is 46.7 Å². The maximum atomic E-state index is 9.65. The molecule has 0 saturated heterocycles. The summed E-state index contributed by atoms with van der Waals surface area (Å²) in [5.74, 6) is 0. The lowest BCUT2D eigenvalue weighted by Crippen LogP contribution is -2.31. The Bertz CT molecular complexity index is 1020. The summed E-state index contributed by atoms with van der Waals surface area (Å²) in [6, 6.07) is 22.3. The van der Waals surface area contributed by atoms with Crippen LogP contribution in [0.5, 0.6) is 0 Å². The Morgan fingerprint density at radius 1 is 0.423 bits per heavy atom. The van der Waals surface area contributed by atoms with Crippen LogP contribution in [0.3, 0.4) is 0 Å². The Kier molecular flexibility index (Phi) is 4.26. The second-order valence-electron chi connectivity index (χ2n) is 6.24. The van der Waals surface area contributed by atoms with E-state index in [0.29, 0.717) is 10.9 Å². The monoisotopic (exact) mass is 342 g/mol. The van der Waals surface area contributed by atoms with Crippen molar-refractivity contribution < 1.29 is 20.1 Å². The fraction of sp³-hybridized carbons (Fsp3) is 0. The predicted molar refractivity (Wildman–Crippen MR) is 107 cm³/mol. The first-order chi connectivity index (χ1) is 12.6. The molecule has 0 unspecified atom stereocenters. The number of hydrogen-bond donors (Lipinski definition) is 4. The van der Waals surface area contributed by atoms with Crippen LogP contribution in [0, 0.1) is 0 Å². The molecule has 0 amide bonds. The first-order valence-corrected chi connectivity index (χ1v) is 8.34. The van der Waals surface area contributed by atoms with Gasteiger partial charge >= 0.3 is 14.2 Å². The lowest BCUT2D eigenvalue weighted by Gasteiger charge is -2.15. The zero-order valence-corrected chi connectivity index (χ0v) is 13.9. The average Bonchev–Trinajstić information content (AvgIpc) is 2.66. The van der Waals surface area contributed by atoms with Crippen LogP contribution < -0.4 is 10.9 Å². The van der Waals surface area contributed by atoms with E-state index in [4.69, 9.17) is 0 Å². The second kappa shape index (κ2) is 6.59. The van der Waals surface area contributed by atoms with Crippen LogP contribution in [0.1, 0.15) is 0 Å². The third-order valence-corrected chi connectivity index (χ3v) is 4.76. The molecule has 0 spiro atoms. The number of rotatable bonds is 3. The molecule has 4 rings (SSSR count). The SMILES string of the molecule is OB(O)c1ccc(-c2ccc(B(O)O)c3ccccc23)c2ccccc12. The van der Waals surface area contributed by atoms with Gasteiger partial charge in [0.05, 0.1) is 0 Å². The zero-order valence-electron chi connectivity index (χ0n) is 13.9. The van der Waals surface area contributed by atoms with E-state index in [1.807, 2.05) is 60.7 Å². The Labute approximate surface area is 151 Å². The number of hydrogen-bond acceptors (Lipinski definition) is 4. The molecule has 0 aliphatic heterocycles. The van der Waals surface area contributed by atoms with Crippen LogP contribution in [0.4, 0.5) is 0 Å². The molecule has 0 aliphatic rings. The van der Waals surface area contributed by atoms with E-state index in [0.717, 1.165) is 32.7 Å². The molecule has 0 aromatic heterocycles. The van der Waals surface area contributed by atoms with E-state index in [2.05, 4.69) is 0 Å². The normalized spacial score (nSPS) is 11.1. The first kappa shape index (κ1) is 16.8. The summed E-state index contributed by atoms with van der Waals surface area (Å²) < 4.78 is 0. The summed E-state index contributed by atoms with van der Waals surface area (Å²) in [5, 5.41) is 42.0. The molecule has 4 aromatic carbocycles. The summed E-state index contributed by atoms with van der Waals surface area (Å²) in [6.07, 6.45) is 0. The molecule has 0 bridgehead atoms. The van der Waals surface area contributed by atoms with Gasteiger partial charge in [-0.05, 0) is 43.6 Å². The van der Waals surface area contributed by atoms with Gasteiger partial charge in [0.2, 0.25) is 0 Å². The molecule has 4 N–H and O–H groups in total. The van der Waals surface area contributed by atoms with Crippen molar-refractivity contribution in [3.05, 3.63) is 72.8 Å². The molecule has 0 fully saturated rings. The van der Waals surface area contributed by atoms with Gasteiger partial charge in [0.15, 0.2) is 0 Å². The van der Waals surface area contributed by atoms with Crippen LogP contribution in [-0.4, -0.2) is 34.3 Å². The van der Waals surface area contributed by atoms with Gasteiger partial charge in [-0.3, -0.25) is 0 Å². The van der Waals surface area contributed by atoms with Gasteiger partial charge in [-0.1, -0.05) is 72.8 Å². The van der Waals surface area contributed by atoms with Gasteiger partial charge in [-0.15, -0.1) is 0 Å². The molecule has 0 radical (unpaired) electrons. The Hall–Kier alpha value is -2.63. The number of benzene rings is 4. The highest BCUT2D eigenvalue weighted by atomic mass is 16.4. The minimum absolute atomic E-state index is 0.455. The fourth-order valence-corrected chi connectivity index (χ4v) is 3.56. The van der Waals surface area contributed by atoms with Crippen LogP contribution in [0.25, 0.3) is 32.7 Å². The quantitative estimate of drug-likeness (QED) is 0.419. The molecule has 0 atom stereocenters. The van der Waals surface area contributed by atoms with Crippen LogP contribution in [-0.2, 0) is 0 Å². The standard InChI is InChI=1S/C20H16B2O4/c23-21(24)19-11-9-15(13-5-1-3-7-17(13)19)16-10-12-20(22(25)26)18-8-4-2-6-14(16)18/h1-12,23-26H. The molecular weight excluding hydrogens is 326 g/mol. The molecule has 0 heterocycles. The third-order valence-electron chi connectivity index (χ3n) is 4.76. The van der Waals surface area contributed by atoms with Crippen LogP contribution >= 0.6 is 0 Å². The minimum atomic E-state index is -1.54. The van der Waals surface area contributed by atoms with E-state index < -0.39 is 14.2 Å². The summed E-state index contributed by atoms with van der Waals surface area (Å²) in [7, 11) is -3.09. The molecular formula is C20H16B2O4. The molecule has 0 saturated carbocycles. The van der Waals surface area contributed by atoms with Gasteiger partial charge in [0, 0.05) is 0 Å². The topological polar surface area (TPSA) is 80.9 Å². The van der Waals surface area contributed by atoms with Crippen molar-refractivity contribution in [3.63, 3.8) is 0 Å². The summed E-state index contributed by atoms with van der Waals surface area (Å²) in [4.78, 5) is 0. The molecule has 126 valence electrons. The van der Waals surface area contributed by atoms with E-state index in [-0.39, 0.29) is 0 Å². The first-order valence-electron chi connectivity index (χ1n) is 8.34. The van der Waals surface area contributed by atoms with Crippen molar-refractivity contribution in [2.45, 2.75) is 0 Å². The van der Waals surface area contributed by atoms with Crippen molar-refractivity contribution in [2.24, 2.45) is 0 Å². The van der Waals surface area contributed by atoms with E-state index in [1.54, 1.807) is 12.1 Å². The smallest absolute Gasteiger partial charge is 0.423 e. The van der Waals surface area contributed by atoms with Gasteiger partial charge in [-0.2, -0.15) is 0 Å².